The zero-order chi connectivity index (χ0) is 25.8. The minimum atomic E-state index is -1.16. The summed E-state index contributed by atoms with van der Waals surface area (Å²) in [6, 6.07) is 4.39. The van der Waals surface area contributed by atoms with Gasteiger partial charge in [0.2, 0.25) is 0 Å². The maximum Gasteiger partial charge on any atom is 0.339 e. The molecule has 4 N–H and O–H groups in total. The van der Waals surface area contributed by atoms with E-state index in [4.69, 9.17) is 5.73 Å². The van der Waals surface area contributed by atoms with Crippen LogP contribution in [0.15, 0.2) is 33.7 Å². The number of hydrogen-bond acceptors (Lipinski definition) is 4. The average Bonchev–Trinajstić information content (AvgIpc) is 3.64. The fraction of sp³-hybridized carbons (Fsp3) is 0.556. The van der Waals surface area contributed by atoms with Crippen LogP contribution in [0.5, 0.6) is 0 Å². The molecule has 1 aliphatic rings. The van der Waals surface area contributed by atoms with Gasteiger partial charge in [0.1, 0.15) is 5.82 Å². The molecule has 35 heavy (non-hydrogen) atoms. The number of halogens is 2. The Kier molecular flexibility index (Phi) is 12.5. The Balaban J connectivity index is 0.000000334. The lowest BCUT2D eigenvalue weighted by Gasteiger charge is -2.16. The molecule has 2 aromatic rings. The smallest absolute Gasteiger partial charge is 0.339 e. The normalized spacial score (nSPS) is 12.7. The highest BCUT2D eigenvalue weighted by atomic mass is 79.9. The van der Waals surface area contributed by atoms with Crippen LogP contribution in [0, 0.1) is 18.7 Å². The van der Waals surface area contributed by atoms with Crippen molar-refractivity contribution in [3.8, 4) is 0 Å². The van der Waals surface area contributed by atoms with Gasteiger partial charge in [-0.2, -0.15) is 0 Å². The van der Waals surface area contributed by atoms with Gasteiger partial charge in [0.15, 0.2) is 0 Å². The van der Waals surface area contributed by atoms with Crippen molar-refractivity contribution in [1.29, 1.82) is 0 Å². The Hall–Kier alpha value is -2.19. The van der Waals surface area contributed by atoms with E-state index in [-0.39, 0.29) is 28.1 Å². The number of pyridine rings is 1. The van der Waals surface area contributed by atoms with Gasteiger partial charge in [-0.25, -0.2) is 9.18 Å². The van der Waals surface area contributed by atoms with Crippen molar-refractivity contribution in [2.75, 3.05) is 11.9 Å². The Morgan fingerprint density at radius 1 is 1.17 bits per heavy atom. The van der Waals surface area contributed by atoms with Crippen molar-refractivity contribution in [2.45, 2.75) is 84.6 Å². The van der Waals surface area contributed by atoms with E-state index in [0.29, 0.717) is 16.9 Å². The number of nitrogens with zero attached hydrogens (tertiary/aromatic N) is 1. The minimum Gasteiger partial charge on any atom is -0.478 e. The van der Waals surface area contributed by atoms with Crippen LogP contribution >= 0.6 is 15.9 Å². The van der Waals surface area contributed by atoms with E-state index >= 15 is 0 Å². The van der Waals surface area contributed by atoms with Gasteiger partial charge in [0.05, 0.1) is 16.9 Å². The number of carboxylic acid groups (broad SMARTS) is 1. The largest absolute Gasteiger partial charge is 0.478 e. The van der Waals surface area contributed by atoms with Crippen molar-refractivity contribution in [3.63, 3.8) is 0 Å². The molecule has 0 bridgehead atoms. The van der Waals surface area contributed by atoms with Crippen LogP contribution in [-0.4, -0.2) is 22.2 Å². The third-order valence-corrected chi connectivity index (χ3v) is 6.63. The molecule has 0 unspecified atom stereocenters. The van der Waals surface area contributed by atoms with Gasteiger partial charge in [-0.3, -0.25) is 4.79 Å². The molecule has 1 fully saturated rings. The van der Waals surface area contributed by atoms with Gasteiger partial charge in [-0.15, -0.1) is 0 Å². The molecule has 6 nitrogen and oxygen atoms in total. The number of rotatable bonds is 13. The number of carbonyl (C=O) groups is 1. The molecule has 0 aliphatic heterocycles. The second kappa shape index (κ2) is 15.0. The van der Waals surface area contributed by atoms with Gasteiger partial charge in [-0.05, 0) is 56.8 Å². The molecule has 0 saturated heterocycles. The summed E-state index contributed by atoms with van der Waals surface area (Å²) in [5.41, 5.74) is 5.59. The van der Waals surface area contributed by atoms with Gasteiger partial charge in [0, 0.05) is 22.8 Å². The van der Waals surface area contributed by atoms with Gasteiger partial charge < -0.3 is 20.7 Å². The number of anilines is 2. The molecule has 1 saturated carbocycles. The molecule has 8 heteroatoms. The van der Waals surface area contributed by atoms with Gasteiger partial charge >= 0.3 is 5.97 Å². The SMILES string of the molecule is CCCCCCCCCCN.Cc1c(Nc2ccc(Br)cc2F)c(C(=O)O)cn(CC2CC2)c1=O. The predicted octanol–water partition coefficient (Wildman–Crippen LogP) is 7.00. The first kappa shape index (κ1) is 29.0. The predicted molar refractivity (Wildman–Crippen MR) is 144 cm³/mol. The number of carboxylic acids is 1. The number of nitrogens with two attached hydrogens (primary N) is 1. The molecule has 0 amide bonds. The summed E-state index contributed by atoms with van der Waals surface area (Å²) >= 11 is 3.17. The lowest BCUT2D eigenvalue weighted by atomic mass is 10.1. The molecule has 1 aromatic heterocycles. The molecule has 1 heterocycles. The first-order valence-electron chi connectivity index (χ1n) is 12.7. The van der Waals surface area contributed by atoms with E-state index in [2.05, 4.69) is 28.2 Å². The summed E-state index contributed by atoms with van der Waals surface area (Å²) in [5.74, 6) is -1.27. The topological polar surface area (TPSA) is 97.3 Å². The van der Waals surface area contributed by atoms with Crippen LogP contribution in [0.3, 0.4) is 0 Å². The molecule has 0 spiro atoms. The van der Waals surface area contributed by atoms with E-state index in [1.807, 2.05) is 0 Å². The number of aromatic carboxylic acids is 1. The Morgan fingerprint density at radius 3 is 2.34 bits per heavy atom. The number of unbranched alkanes of at least 4 members (excludes halogenated alkanes) is 7. The van der Waals surface area contributed by atoms with E-state index in [1.54, 1.807) is 13.0 Å². The molecule has 1 aromatic carbocycles. The third kappa shape index (κ3) is 9.76. The maximum atomic E-state index is 14.0. The van der Waals surface area contributed by atoms with Crippen LogP contribution in [0.25, 0.3) is 0 Å². The number of nitrogens with one attached hydrogen (secondary N) is 1. The summed E-state index contributed by atoms with van der Waals surface area (Å²) in [7, 11) is 0. The Labute approximate surface area is 216 Å². The number of aromatic nitrogens is 1. The summed E-state index contributed by atoms with van der Waals surface area (Å²) in [6.07, 6.45) is 14.4. The fourth-order valence-electron chi connectivity index (χ4n) is 3.84. The average molecular weight is 553 g/mol. The monoisotopic (exact) mass is 551 g/mol. The summed E-state index contributed by atoms with van der Waals surface area (Å²) in [5, 5.41) is 12.3. The standard InChI is InChI=1S/C17H16BrFN2O3.C10H23N/c1-9-15(20-14-5-4-11(18)6-13(14)19)12(17(23)24)8-21(16(9)22)7-10-2-3-10;1-2-3-4-5-6-7-8-9-10-11/h4-6,8,10,20H,2-3,7H2,1H3,(H,23,24);2-11H2,1H3. The lowest BCUT2D eigenvalue weighted by molar-refractivity contribution is 0.0696. The fourth-order valence-corrected chi connectivity index (χ4v) is 4.18. The van der Waals surface area contributed by atoms with Crippen LogP contribution in [0.4, 0.5) is 15.8 Å². The van der Waals surface area contributed by atoms with Gasteiger partial charge in [-0.1, -0.05) is 67.8 Å². The highest BCUT2D eigenvalue weighted by Crippen LogP contribution is 2.31. The van der Waals surface area contributed by atoms with E-state index in [1.165, 1.54) is 74.3 Å². The first-order valence-corrected chi connectivity index (χ1v) is 13.5. The number of hydrogen-bond donors (Lipinski definition) is 3. The van der Waals surface area contributed by atoms with Crippen molar-refractivity contribution >= 4 is 33.3 Å². The van der Waals surface area contributed by atoms with Gasteiger partial charge in [0.25, 0.3) is 5.56 Å². The molecule has 0 radical (unpaired) electrons. The van der Waals surface area contributed by atoms with E-state index in [0.717, 1.165) is 19.4 Å². The minimum absolute atomic E-state index is 0.0462. The highest BCUT2D eigenvalue weighted by molar-refractivity contribution is 9.10. The van der Waals surface area contributed by atoms with E-state index in [9.17, 15) is 19.1 Å². The molecular weight excluding hydrogens is 513 g/mol. The third-order valence-electron chi connectivity index (χ3n) is 6.14. The summed E-state index contributed by atoms with van der Waals surface area (Å²) in [4.78, 5) is 24.1. The molecule has 3 rings (SSSR count). The molecule has 0 atom stereocenters. The van der Waals surface area contributed by atoms with E-state index < -0.39 is 11.8 Å². The summed E-state index contributed by atoms with van der Waals surface area (Å²) in [6.45, 7) is 5.20. The molecular formula is C27H39BrFN3O3. The second-order valence-corrected chi connectivity index (χ2v) is 10.2. The first-order chi connectivity index (χ1) is 16.8. The summed E-state index contributed by atoms with van der Waals surface area (Å²) < 4.78 is 16.1. The van der Waals surface area contributed by atoms with Crippen molar-refractivity contribution < 1.29 is 14.3 Å². The van der Waals surface area contributed by atoms with Crippen molar-refractivity contribution in [3.05, 3.63) is 56.2 Å². The quantitative estimate of drug-likeness (QED) is 0.233. The second-order valence-electron chi connectivity index (χ2n) is 9.26. The Bertz CT molecular complexity index is 1010. The van der Waals surface area contributed by atoms with Crippen molar-refractivity contribution in [2.24, 2.45) is 11.7 Å². The maximum absolute atomic E-state index is 14.0. The zero-order valence-corrected chi connectivity index (χ0v) is 22.5. The van der Waals surface area contributed by atoms with Crippen LogP contribution in [-0.2, 0) is 6.54 Å². The highest BCUT2D eigenvalue weighted by Gasteiger charge is 2.25. The molecule has 194 valence electrons. The number of benzene rings is 1. The lowest BCUT2D eigenvalue weighted by Crippen LogP contribution is -2.26. The molecule has 1 aliphatic carbocycles. The van der Waals surface area contributed by atoms with Crippen molar-refractivity contribution in [1.82, 2.24) is 4.57 Å². The van der Waals surface area contributed by atoms with Crippen LogP contribution < -0.4 is 16.6 Å². The van der Waals surface area contributed by atoms with Crippen LogP contribution in [0.1, 0.15) is 87.1 Å². The van der Waals surface area contributed by atoms with Crippen LogP contribution in [0.2, 0.25) is 0 Å². The zero-order valence-electron chi connectivity index (χ0n) is 20.9. The Morgan fingerprint density at radius 2 is 1.80 bits per heavy atom.